The second kappa shape index (κ2) is 9.09. The monoisotopic (exact) mass is 413 g/mol. The van der Waals surface area contributed by atoms with Gasteiger partial charge in [0.1, 0.15) is 11.5 Å². The molecule has 1 aliphatic heterocycles. The van der Waals surface area contributed by atoms with Gasteiger partial charge in [-0.25, -0.2) is 0 Å². The van der Waals surface area contributed by atoms with Crippen molar-refractivity contribution in [1.29, 1.82) is 0 Å². The molecule has 1 amide bonds. The molecule has 0 spiro atoms. The van der Waals surface area contributed by atoms with E-state index < -0.39 is 0 Å². The number of benzene rings is 1. The average molecular weight is 413 g/mol. The molecule has 3 aromatic rings. The van der Waals surface area contributed by atoms with E-state index in [1.54, 1.807) is 24.5 Å². The van der Waals surface area contributed by atoms with Crippen molar-refractivity contribution in [3.05, 3.63) is 47.0 Å². The van der Waals surface area contributed by atoms with Gasteiger partial charge in [-0.05, 0) is 42.3 Å². The van der Waals surface area contributed by atoms with Crippen LogP contribution in [0.5, 0.6) is 11.5 Å². The van der Waals surface area contributed by atoms with E-state index >= 15 is 0 Å². The van der Waals surface area contributed by atoms with Crippen LogP contribution in [0.3, 0.4) is 0 Å². The topological polar surface area (TPSA) is 77.7 Å². The molecule has 0 radical (unpaired) electrons. The van der Waals surface area contributed by atoms with Gasteiger partial charge in [0, 0.05) is 36.5 Å². The fourth-order valence-corrected chi connectivity index (χ4v) is 4.11. The van der Waals surface area contributed by atoms with Crippen LogP contribution in [0.4, 0.5) is 0 Å². The number of hydrogen-bond donors (Lipinski definition) is 0. The number of amides is 1. The Bertz CT molecular complexity index is 941. The van der Waals surface area contributed by atoms with Crippen LogP contribution < -0.4 is 9.47 Å². The van der Waals surface area contributed by atoms with Gasteiger partial charge in [-0.15, -0.1) is 0 Å². The summed E-state index contributed by atoms with van der Waals surface area (Å²) in [6.45, 7) is 1.44. The molecule has 1 aliphatic rings. The van der Waals surface area contributed by atoms with E-state index in [9.17, 15) is 4.79 Å². The van der Waals surface area contributed by atoms with E-state index in [4.69, 9.17) is 14.0 Å². The molecule has 1 saturated heterocycles. The highest BCUT2D eigenvalue weighted by Gasteiger charge is 2.26. The molecule has 1 fully saturated rings. The van der Waals surface area contributed by atoms with Crippen molar-refractivity contribution in [1.82, 2.24) is 15.0 Å². The van der Waals surface area contributed by atoms with Crippen molar-refractivity contribution in [3.8, 4) is 22.9 Å². The molecule has 0 saturated carbocycles. The summed E-state index contributed by atoms with van der Waals surface area (Å²) in [5.41, 5.74) is 0.972. The second-order valence-electron chi connectivity index (χ2n) is 7.04. The number of piperidine rings is 1. The number of hydrogen-bond acceptors (Lipinski definition) is 7. The van der Waals surface area contributed by atoms with Crippen LogP contribution in [0.1, 0.15) is 18.7 Å². The van der Waals surface area contributed by atoms with Gasteiger partial charge in [0.05, 0.1) is 7.11 Å². The molecule has 0 aliphatic carbocycles. The molecular formula is C21H23N3O4S. The predicted octanol–water partition coefficient (Wildman–Crippen LogP) is 3.67. The third-order valence-electron chi connectivity index (χ3n) is 4.99. The Hall–Kier alpha value is -2.87. The number of methoxy groups -OCH3 is 1. The fraction of sp³-hybridized carbons (Fsp3) is 0.381. The van der Waals surface area contributed by atoms with Gasteiger partial charge in [0.15, 0.2) is 6.61 Å². The number of likely N-dealkylation sites (tertiary alicyclic amines) is 1. The summed E-state index contributed by atoms with van der Waals surface area (Å²) in [5, 5.41) is 8.05. The zero-order valence-electron chi connectivity index (χ0n) is 16.2. The van der Waals surface area contributed by atoms with Crippen LogP contribution in [0, 0.1) is 5.92 Å². The number of rotatable bonds is 7. The first kappa shape index (κ1) is 19.4. The highest BCUT2D eigenvalue weighted by Crippen LogP contribution is 2.24. The second-order valence-corrected chi connectivity index (χ2v) is 7.82. The Morgan fingerprint density at radius 2 is 2.24 bits per heavy atom. The van der Waals surface area contributed by atoms with Crippen LogP contribution in [-0.4, -0.2) is 47.8 Å². The van der Waals surface area contributed by atoms with E-state index in [1.807, 2.05) is 39.9 Å². The van der Waals surface area contributed by atoms with E-state index in [0.29, 0.717) is 42.1 Å². The Kier molecular flexibility index (Phi) is 6.09. The van der Waals surface area contributed by atoms with Gasteiger partial charge >= 0.3 is 0 Å². The molecule has 152 valence electrons. The summed E-state index contributed by atoms with van der Waals surface area (Å²) in [4.78, 5) is 19.0. The molecule has 1 unspecified atom stereocenters. The Morgan fingerprint density at radius 1 is 1.34 bits per heavy atom. The molecule has 7 nitrogen and oxygen atoms in total. The largest absolute Gasteiger partial charge is 0.497 e. The van der Waals surface area contributed by atoms with Crippen molar-refractivity contribution in [3.63, 3.8) is 0 Å². The lowest BCUT2D eigenvalue weighted by molar-refractivity contribution is -0.135. The first-order valence-electron chi connectivity index (χ1n) is 9.61. The van der Waals surface area contributed by atoms with Crippen molar-refractivity contribution >= 4 is 17.2 Å². The third kappa shape index (κ3) is 4.95. The molecule has 1 atom stereocenters. The number of carbonyl (C=O) groups is 1. The van der Waals surface area contributed by atoms with Crippen LogP contribution in [0.15, 0.2) is 45.6 Å². The number of carbonyl (C=O) groups excluding carboxylic acids is 1. The van der Waals surface area contributed by atoms with E-state index in [1.165, 1.54) is 0 Å². The van der Waals surface area contributed by atoms with Gasteiger partial charge in [0.25, 0.3) is 5.91 Å². The Balaban J connectivity index is 1.30. The quantitative estimate of drug-likeness (QED) is 0.588. The van der Waals surface area contributed by atoms with Crippen LogP contribution in [0.25, 0.3) is 11.4 Å². The van der Waals surface area contributed by atoms with Gasteiger partial charge in [-0.1, -0.05) is 11.2 Å². The van der Waals surface area contributed by atoms with Crippen molar-refractivity contribution in [2.75, 3.05) is 26.8 Å². The minimum atomic E-state index is -0.0120. The first-order chi connectivity index (χ1) is 14.2. The molecule has 8 heteroatoms. The maximum Gasteiger partial charge on any atom is 0.260 e. The molecule has 3 heterocycles. The molecule has 0 N–H and O–H groups in total. The van der Waals surface area contributed by atoms with Gasteiger partial charge < -0.3 is 18.9 Å². The summed E-state index contributed by atoms with van der Waals surface area (Å²) >= 11 is 1.60. The van der Waals surface area contributed by atoms with Crippen molar-refractivity contribution in [2.24, 2.45) is 5.92 Å². The van der Waals surface area contributed by atoms with Crippen LogP contribution in [-0.2, 0) is 11.2 Å². The van der Waals surface area contributed by atoms with Gasteiger partial charge in [-0.3, -0.25) is 4.79 Å². The summed E-state index contributed by atoms with van der Waals surface area (Å²) in [6, 6.07) is 9.24. The number of nitrogens with zero attached hydrogens (tertiary/aromatic N) is 3. The lowest BCUT2D eigenvalue weighted by Gasteiger charge is -2.32. The average Bonchev–Trinajstić information content (AvgIpc) is 3.44. The summed E-state index contributed by atoms with van der Waals surface area (Å²) < 4.78 is 16.2. The summed E-state index contributed by atoms with van der Waals surface area (Å²) in [6.07, 6.45) is 2.68. The Morgan fingerprint density at radius 3 is 3.07 bits per heavy atom. The lowest BCUT2D eigenvalue weighted by Crippen LogP contribution is -2.42. The number of ether oxygens (including phenoxy) is 2. The minimum Gasteiger partial charge on any atom is -0.497 e. The molecule has 0 bridgehead atoms. The molecule has 4 rings (SSSR count). The first-order valence-corrected chi connectivity index (χ1v) is 10.6. The number of aromatic nitrogens is 2. The standard InChI is InChI=1S/C21H23N3O4S/c1-26-17-5-2-6-18(11-17)27-13-20(25)24-8-3-4-15(12-24)10-19-22-21(23-28-19)16-7-9-29-14-16/h2,5-7,9,11,14-15H,3-4,8,10,12-13H2,1H3. The van der Waals surface area contributed by atoms with Crippen LogP contribution >= 0.6 is 11.3 Å². The van der Waals surface area contributed by atoms with Crippen molar-refractivity contribution < 1.29 is 18.8 Å². The molecular weight excluding hydrogens is 390 g/mol. The smallest absolute Gasteiger partial charge is 0.260 e. The zero-order valence-corrected chi connectivity index (χ0v) is 17.1. The maximum absolute atomic E-state index is 12.6. The molecule has 29 heavy (non-hydrogen) atoms. The Labute approximate surface area is 173 Å². The molecule has 1 aromatic carbocycles. The molecule has 2 aromatic heterocycles. The minimum absolute atomic E-state index is 0.0120. The van der Waals surface area contributed by atoms with Crippen molar-refractivity contribution in [2.45, 2.75) is 19.3 Å². The highest BCUT2D eigenvalue weighted by atomic mass is 32.1. The predicted molar refractivity (Wildman–Crippen MR) is 109 cm³/mol. The summed E-state index contributed by atoms with van der Waals surface area (Å²) in [5.74, 6) is 2.87. The number of thiophene rings is 1. The highest BCUT2D eigenvalue weighted by molar-refractivity contribution is 7.08. The lowest BCUT2D eigenvalue weighted by atomic mass is 9.95. The van der Waals surface area contributed by atoms with E-state index in [0.717, 1.165) is 24.9 Å². The fourth-order valence-electron chi connectivity index (χ4n) is 3.48. The zero-order chi connectivity index (χ0) is 20.1. The summed E-state index contributed by atoms with van der Waals surface area (Å²) in [7, 11) is 1.60. The van der Waals surface area contributed by atoms with E-state index in [2.05, 4.69) is 10.1 Å². The van der Waals surface area contributed by atoms with Crippen LogP contribution in [0.2, 0.25) is 0 Å². The van der Waals surface area contributed by atoms with Gasteiger partial charge in [0.2, 0.25) is 11.7 Å². The van der Waals surface area contributed by atoms with Gasteiger partial charge in [-0.2, -0.15) is 16.3 Å². The maximum atomic E-state index is 12.6. The van der Waals surface area contributed by atoms with E-state index in [-0.39, 0.29) is 12.5 Å². The normalized spacial score (nSPS) is 16.6. The SMILES string of the molecule is COc1cccc(OCC(=O)N2CCCC(Cc3nc(-c4ccsc4)no3)C2)c1. The third-order valence-corrected chi connectivity index (χ3v) is 5.67.